The summed E-state index contributed by atoms with van der Waals surface area (Å²) in [6.45, 7) is 5.71. The van der Waals surface area contributed by atoms with Gasteiger partial charge in [-0.15, -0.1) is 10.2 Å². The van der Waals surface area contributed by atoms with Crippen LogP contribution in [0.1, 0.15) is 25.1 Å². The Bertz CT molecular complexity index is 850. The van der Waals surface area contributed by atoms with E-state index in [-0.39, 0.29) is 0 Å². The molecule has 3 rings (SSSR count). The van der Waals surface area contributed by atoms with E-state index in [9.17, 15) is 0 Å². The number of aliphatic imine (C=N–C) groups is 1. The third-order valence-corrected chi connectivity index (χ3v) is 4.52. The van der Waals surface area contributed by atoms with Crippen LogP contribution in [0.2, 0.25) is 0 Å². The van der Waals surface area contributed by atoms with Crippen molar-refractivity contribution < 1.29 is 0 Å². The highest BCUT2D eigenvalue weighted by molar-refractivity contribution is 5.79. The standard InChI is InChI=1S/C19H28N8/c1-16-25-17-8-3-4-9-18(17)27(16)13-7-11-22-19(20-2)21-10-5-6-12-26-14-23-24-15-26/h3-4,8-9,14-15H,5-7,10-13H2,1-2H3,(H2,20,21,22). The highest BCUT2D eigenvalue weighted by atomic mass is 15.2. The number of nitrogens with one attached hydrogen (secondary N) is 2. The fraction of sp³-hybridized carbons (Fsp3) is 0.474. The lowest BCUT2D eigenvalue weighted by molar-refractivity contribution is 0.593. The quantitative estimate of drug-likeness (QED) is 0.343. The number of unbranched alkanes of at least 4 members (excludes halogenated alkanes) is 1. The molecule has 27 heavy (non-hydrogen) atoms. The number of aryl methyl sites for hydroxylation is 3. The van der Waals surface area contributed by atoms with Crippen LogP contribution in [0, 0.1) is 6.92 Å². The highest BCUT2D eigenvalue weighted by Gasteiger charge is 2.06. The summed E-state index contributed by atoms with van der Waals surface area (Å²) in [5, 5.41) is 14.4. The second-order valence-electron chi connectivity index (χ2n) is 6.49. The first-order valence-corrected chi connectivity index (χ1v) is 9.46. The van der Waals surface area contributed by atoms with E-state index in [4.69, 9.17) is 0 Å². The summed E-state index contributed by atoms with van der Waals surface area (Å²) in [6.07, 6.45) is 6.65. The van der Waals surface area contributed by atoms with E-state index in [1.807, 2.05) is 10.6 Å². The van der Waals surface area contributed by atoms with Crippen LogP contribution in [0.15, 0.2) is 41.9 Å². The van der Waals surface area contributed by atoms with Crippen molar-refractivity contribution in [1.29, 1.82) is 0 Å². The minimum Gasteiger partial charge on any atom is -0.356 e. The monoisotopic (exact) mass is 368 g/mol. The molecule has 0 aliphatic rings. The number of para-hydroxylation sites is 2. The van der Waals surface area contributed by atoms with Crippen molar-refractivity contribution in [2.24, 2.45) is 4.99 Å². The van der Waals surface area contributed by atoms with E-state index >= 15 is 0 Å². The summed E-state index contributed by atoms with van der Waals surface area (Å²) in [5.74, 6) is 1.92. The number of fused-ring (bicyclic) bond motifs is 1. The Morgan fingerprint density at radius 3 is 2.52 bits per heavy atom. The Morgan fingerprint density at radius 2 is 1.74 bits per heavy atom. The van der Waals surface area contributed by atoms with Gasteiger partial charge in [0.15, 0.2) is 5.96 Å². The van der Waals surface area contributed by atoms with Crippen LogP contribution in [0.5, 0.6) is 0 Å². The maximum Gasteiger partial charge on any atom is 0.190 e. The van der Waals surface area contributed by atoms with Gasteiger partial charge in [0.05, 0.1) is 11.0 Å². The van der Waals surface area contributed by atoms with Gasteiger partial charge in [0, 0.05) is 33.2 Å². The molecule has 8 nitrogen and oxygen atoms in total. The van der Waals surface area contributed by atoms with Crippen molar-refractivity contribution in [2.45, 2.75) is 39.3 Å². The summed E-state index contributed by atoms with van der Waals surface area (Å²) in [7, 11) is 1.81. The summed E-state index contributed by atoms with van der Waals surface area (Å²) in [5.41, 5.74) is 2.26. The number of aromatic nitrogens is 5. The number of imidazole rings is 1. The molecule has 0 bridgehead atoms. The molecule has 0 fully saturated rings. The fourth-order valence-electron chi connectivity index (χ4n) is 3.11. The molecule has 0 saturated heterocycles. The lowest BCUT2D eigenvalue weighted by atomic mass is 10.3. The summed E-state index contributed by atoms with van der Waals surface area (Å²) in [6, 6.07) is 8.28. The van der Waals surface area contributed by atoms with Crippen LogP contribution in [-0.4, -0.2) is 50.4 Å². The molecule has 2 N–H and O–H groups in total. The molecule has 0 aliphatic carbocycles. The van der Waals surface area contributed by atoms with E-state index in [2.05, 4.69) is 60.5 Å². The first-order chi connectivity index (χ1) is 13.3. The number of rotatable bonds is 9. The molecule has 0 aliphatic heterocycles. The van der Waals surface area contributed by atoms with Crippen molar-refractivity contribution in [2.75, 3.05) is 20.1 Å². The Kier molecular flexibility index (Phi) is 6.78. The predicted molar refractivity (Wildman–Crippen MR) is 108 cm³/mol. The molecule has 144 valence electrons. The van der Waals surface area contributed by atoms with E-state index < -0.39 is 0 Å². The minimum atomic E-state index is 0.853. The zero-order valence-electron chi connectivity index (χ0n) is 16.1. The van der Waals surface area contributed by atoms with Crippen molar-refractivity contribution in [3.8, 4) is 0 Å². The zero-order chi connectivity index (χ0) is 18.9. The number of hydrogen-bond acceptors (Lipinski definition) is 4. The Hall–Kier alpha value is -2.90. The van der Waals surface area contributed by atoms with Gasteiger partial charge in [0.2, 0.25) is 0 Å². The smallest absolute Gasteiger partial charge is 0.190 e. The van der Waals surface area contributed by atoms with Crippen molar-refractivity contribution in [3.05, 3.63) is 42.7 Å². The molecule has 0 radical (unpaired) electrons. The minimum absolute atomic E-state index is 0.853. The van der Waals surface area contributed by atoms with Gasteiger partial charge in [-0.3, -0.25) is 4.99 Å². The molecular weight excluding hydrogens is 340 g/mol. The molecule has 2 aromatic heterocycles. The number of guanidine groups is 1. The van der Waals surface area contributed by atoms with E-state index in [0.29, 0.717) is 0 Å². The SMILES string of the molecule is CN=C(NCCCCn1cnnc1)NCCCn1c(C)nc2ccccc21. The third-order valence-electron chi connectivity index (χ3n) is 4.52. The molecule has 0 amide bonds. The van der Waals surface area contributed by atoms with Crippen molar-refractivity contribution >= 4 is 17.0 Å². The number of benzene rings is 1. The predicted octanol–water partition coefficient (Wildman–Crippen LogP) is 1.97. The van der Waals surface area contributed by atoms with Crippen LogP contribution in [0.3, 0.4) is 0 Å². The third kappa shape index (κ3) is 5.29. The van der Waals surface area contributed by atoms with Gasteiger partial charge in [-0.05, 0) is 38.3 Å². The van der Waals surface area contributed by atoms with Gasteiger partial charge in [0.25, 0.3) is 0 Å². The first kappa shape index (κ1) is 18.9. The van der Waals surface area contributed by atoms with E-state index in [1.165, 1.54) is 5.52 Å². The van der Waals surface area contributed by atoms with Crippen molar-refractivity contribution in [1.82, 2.24) is 34.9 Å². The average molecular weight is 368 g/mol. The molecule has 2 heterocycles. The van der Waals surface area contributed by atoms with E-state index in [1.54, 1.807) is 19.7 Å². The summed E-state index contributed by atoms with van der Waals surface area (Å²) < 4.78 is 4.27. The average Bonchev–Trinajstić information content (AvgIpc) is 3.30. The highest BCUT2D eigenvalue weighted by Crippen LogP contribution is 2.15. The fourth-order valence-corrected chi connectivity index (χ4v) is 3.11. The zero-order valence-corrected chi connectivity index (χ0v) is 16.1. The molecular formula is C19H28N8. The van der Waals surface area contributed by atoms with Gasteiger partial charge in [-0.1, -0.05) is 12.1 Å². The second kappa shape index (κ2) is 9.70. The van der Waals surface area contributed by atoms with Gasteiger partial charge in [-0.2, -0.15) is 0 Å². The summed E-state index contributed by atoms with van der Waals surface area (Å²) in [4.78, 5) is 8.90. The van der Waals surface area contributed by atoms with Gasteiger partial charge < -0.3 is 19.8 Å². The molecule has 0 unspecified atom stereocenters. The molecule has 0 saturated carbocycles. The van der Waals surface area contributed by atoms with Gasteiger partial charge in [0.1, 0.15) is 18.5 Å². The molecule has 0 atom stereocenters. The van der Waals surface area contributed by atoms with E-state index in [0.717, 1.165) is 62.7 Å². The Labute approximate surface area is 159 Å². The van der Waals surface area contributed by atoms with Gasteiger partial charge >= 0.3 is 0 Å². The Balaban J connectivity index is 1.34. The number of hydrogen-bond donors (Lipinski definition) is 2. The maximum absolute atomic E-state index is 4.62. The lowest BCUT2D eigenvalue weighted by Gasteiger charge is -2.12. The van der Waals surface area contributed by atoms with Crippen LogP contribution in [0.25, 0.3) is 11.0 Å². The van der Waals surface area contributed by atoms with Crippen LogP contribution < -0.4 is 10.6 Å². The van der Waals surface area contributed by atoms with Crippen LogP contribution in [-0.2, 0) is 13.1 Å². The van der Waals surface area contributed by atoms with Crippen molar-refractivity contribution in [3.63, 3.8) is 0 Å². The number of nitrogens with zero attached hydrogens (tertiary/aromatic N) is 6. The molecule has 3 aromatic rings. The van der Waals surface area contributed by atoms with Crippen LogP contribution in [0.4, 0.5) is 0 Å². The largest absolute Gasteiger partial charge is 0.356 e. The second-order valence-corrected chi connectivity index (χ2v) is 6.49. The maximum atomic E-state index is 4.62. The molecule has 0 spiro atoms. The van der Waals surface area contributed by atoms with Gasteiger partial charge in [-0.25, -0.2) is 4.98 Å². The topological polar surface area (TPSA) is 85.0 Å². The molecule has 1 aromatic carbocycles. The lowest BCUT2D eigenvalue weighted by Crippen LogP contribution is -2.38. The summed E-state index contributed by atoms with van der Waals surface area (Å²) >= 11 is 0. The first-order valence-electron chi connectivity index (χ1n) is 9.46. The Morgan fingerprint density at radius 1 is 1.00 bits per heavy atom. The van der Waals surface area contributed by atoms with Crippen LogP contribution >= 0.6 is 0 Å². The normalized spacial score (nSPS) is 11.9. The molecule has 8 heteroatoms.